The zero-order chi connectivity index (χ0) is 13.4. The average molecular weight is 328 g/mol. The third-order valence-corrected chi connectivity index (χ3v) is 4.00. The number of hydrogen-bond donors (Lipinski definition) is 2. The van der Waals surface area contributed by atoms with E-state index in [1.807, 2.05) is 0 Å². The van der Waals surface area contributed by atoms with Gasteiger partial charge in [0.25, 0.3) is 0 Å². The van der Waals surface area contributed by atoms with Crippen molar-refractivity contribution in [3.63, 3.8) is 0 Å². The van der Waals surface area contributed by atoms with E-state index in [4.69, 9.17) is 0 Å². The fourth-order valence-electron chi connectivity index (χ4n) is 2.44. The number of nitrogens with zero attached hydrogens (tertiary/aromatic N) is 1. The molecule has 0 radical (unpaired) electrons. The Kier molecular flexibility index (Phi) is 14.1. The van der Waals surface area contributed by atoms with Gasteiger partial charge in [-0.3, -0.25) is 4.79 Å². The van der Waals surface area contributed by atoms with Crippen molar-refractivity contribution in [2.24, 2.45) is 11.8 Å². The second kappa shape index (κ2) is 12.7. The fourth-order valence-corrected chi connectivity index (χ4v) is 2.44. The molecule has 6 heteroatoms. The van der Waals surface area contributed by atoms with Crippen LogP contribution in [0.3, 0.4) is 0 Å². The van der Waals surface area contributed by atoms with Crippen molar-refractivity contribution in [1.82, 2.24) is 15.5 Å². The minimum absolute atomic E-state index is 0. The van der Waals surface area contributed by atoms with E-state index >= 15 is 0 Å². The summed E-state index contributed by atoms with van der Waals surface area (Å²) in [5.41, 5.74) is 0. The van der Waals surface area contributed by atoms with Crippen molar-refractivity contribution in [2.75, 3.05) is 39.8 Å². The molecule has 2 N–H and O–H groups in total. The van der Waals surface area contributed by atoms with Crippen molar-refractivity contribution in [3.05, 3.63) is 0 Å². The number of amides is 1. The molecule has 2 unspecified atom stereocenters. The number of hydrogen-bond acceptors (Lipinski definition) is 3. The van der Waals surface area contributed by atoms with Crippen LogP contribution in [0.25, 0.3) is 0 Å². The van der Waals surface area contributed by atoms with E-state index in [2.05, 4.69) is 36.4 Å². The van der Waals surface area contributed by atoms with Crippen LogP contribution in [0.1, 0.15) is 33.1 Å². The first-order chi connectivity index (χ1) is 8.63. The molecule has 1 aliphatic heterocycles. The Hall–Kier alpha value is -0.0300. The second-order valence-electron chi connectivity index (χ2n) is 5.53. The molecule has 0 aliphatic carbocycles. The molecule has 4 nitrogen and oxygen atoms in total. The maximum atomic E-state index is 11.8. The zero-order valence-corrected chi connectivity index (χ0v) is 14.6. The lowest BCUT2D eigenvalue weighted by molar-refractivity contribution is -0.122. The molecule has 0 bridgehead atoms. The van der Waals surface area contributed by atoms with E-state index in [1.165, 1.54) is 12.8 Å². The molecule has 0 aromatic carbocycles. The lowest BCUT2D eigenvalue weighted by atomic mass is 9.85. The van der Waals surface area contributed by atoms with Crippen molar-refractivity contribution in [2.45, 2.75) is 33.1 Å². The summed E-state index contributed by atoms with van der Waals surface area (Å²) < 4.78 is 0. The van der Waals surface area contributed by atoms with Crippen molar-refractivity contribution < 1.29 is 4.79 Å². The van der Waals surface area contributed by atoms with Crippen LogP contribution in [-0.2, 0) is 4.79 Å². The molecule has 1 rings (SSSR count). The van der Waals surface area contributed by atoms with Crippen LogP contribution in [-0.4, -0.2) is 50.6 Å². The second-order valence-corrected chi connectivity index (χ2v) is 5.53. The minimum Gasteiger partial charge on any atom is -0.355 e. The lowest BCUT2D eigenvalue weighted by Gasteiger charge is -2.28. The Morgan fingerprint density at radius 2 is 2.15 bits per heavy atom. The van der Waals surface area contributed by atoms with Crippen LogP contribution in [0.5, 0.6) is 0 Å². The Labute approximate surface area is 136 Å². The number of likely N-dealkylation sites (N-methyl/N-ethyl adjacent to an activating group) is 1. The molecule has 20 heavy (non-hydrogen) atoms. The third-order valence-electron chi connectivity index (χ3n) is 4.00. The summed E-state index contributed by atoms with van der Waals surface area (Å²) in [6.07, 6.45) is 3.18. The highest BCUT2D eigenvalue weighted by molar-refractivity contribution is 5.85. The molecule has 1 amide bonds. The van der Waals surface area contributed by atoms with Crippen molar-refractivity contribution >= 4 is 30.7 Å². The number of carbonyl (C=O) groups is 1. The zero-order valence-electron chi connectivity index (χ0n) is 13.0. The third kappa shape index (κ3) is 9.01. The van der Waals surface area contributed by atoms with Crippen LogP contribution in [0, 0.1) is 11.8 Å². The van der Waals surface area contributed by atoms with E-state index in [1.54, 1.807) is 0 Å². The van der Waals surface area contributed by atoms with Crippen LogP contribution in [0.4, 0.5) is 0 Å². The standard InChI is InChI=1S/C14H29N3O.2ClH/c1-4-17(3)9-8-16-14(18)10-12(2)13-6-5-7-15-11-13;;/h12-13,15H,4-11H2,1-3H3,(H,16,18);2*1H. The number of halogens is 2. The van der Waals surface area contributed by atoms with Gasteiger partial charge >= 0.3 is 0 Å². The first-order valence-electron chi connectivity index (χ1n) is 7.29. The maximum absolute atomic E-state index is 11.8. The van der Waals surface area contributed by atoms with E-state index in [9.17, 15) is 4.79 Å². The first kappa shape index (κ1) is 22.3. The normalized spacial score (nSPS) is 19.7. The maximum Gasteiger partial charge on any atom is 0.220 e. The van der Waals surface area contributed by atoms with Gasteiger partial charge in [0.1, 0.15) is 0 Å². The highest BCUT2D eigenvalue weighted by Gasteiger charge is 2.21. The van der Waals surface area contributed by atoms with Crippen molar-refractivity contribution in [1.29, 1.82) is 0 Å². The highest BCUT2D eigenvalue weighted by Crippen LogP contribution is 2.22. The molecule has 0 saturated carbocycles. The molecule has 0 aromatic heterocycles. The highest BCUT2D eigenvalue weighted by atomic mass is 35.5. The van der Waals surface area contributed by atoms with Gasteiger partial charge in [0, 0.05) is 19.5 Å². The van der Waals surface area contributed by atoms with Crippen LogP contribution < -0.4 is 10.6 Å². The summed E-state index contributed by atoms with van der Waals surface area (Å²) in [5, 5.41) is 6.43. The largest absolute Gasteiger partial charge is 0.355 e. The molecule has 1 aliphatic rings. The van der Waals surface area contributed by atoms with Crippen LogP contribution >= 0.6 is 24.8 Å². The topological polar surface area (TPSA) is 44.4 Å². The van der Waals surface area contributed by atoms with Gasteiger partial charge in [-0.2, -0.15) is 0 Å². The summed E-state index contributed by atoms with van der Waals surface area (Å²) >= 11 is 0. The van der Waals surface area contributed by atoms with Gasteiger partial charge < -0.3 is 15.5 Å². The summed E-state index contributed by atoms with van der Waals surface area (Å²) in [6.45, 7) is 9.27. The Balaban J connectivity index is 0. The van der Waals surface area contributed by atoms with Gasteiger partial charge in [0.05, 0.1) is 0 Å². The Morgan fingerprint density at radius 1 is 1.45 bits per heavy atom. The van der Waals surface area contributed by atoms with Crippen molar-refractivity contribution in [3.8, 4) is 0 Å². The number of nitrogens with one attached hydrogen (secondary N) is 2. The monoisotopic (exact) mass is 327 g/mol. The van der Waals surface area contributed by atoms with E-state index in [-0.39, 0.29) is 30.7 Å². The van der Waals surface area contributed by atoms with Gasteiger partial charge in [-0.05, 0) is 51.4 Å². The smallest absolute Gasteiger partial charge is 0.220 e. The molecule has 0 aromatic rings. The fraction of sp³-hybridized carbons (Fsp3) is 0.929. The molecule has 1 fully saturated rings. The predicted molar refractivity (Wildman–Crippen MR) is 90.1 cm³/mol. The lowest BCUT2D eigenvalue weighted by Crippen LogP contribution is -2.37. The molecular formula is C14H31Cl2N3O. The Morgan fingerprint density at radius 3 is 2.70 bits per heavy atom. The summed E-state index contributed by atoms with van der Waals surface area (Å²) in [7, 11) is 2.07. The molecule has 122 valence electrons. The van der Waals surface area contributed by atoms with E-state index in [0.29, 0.717) is 18.3 Å². The first-order valence-corrected chi connectivity index (χ1v) is 7.29. The average Bonchev–Trinajstić information content (AvgIpc) is 2.39. The van der Waals surface area contributed by atoms with E-state index < -0.39 is 0 Å². The number of rotatable bonds is 7. The molecular weight excluding hydrogens is 297 g/mol. The van der Waals surface area contributed by atoms with Gasteiger partial charge in [-0.1, -0.05) is 13.8 Å². The summed E-state index contributed by atoms with van der Waals surface area (Å²) in [4.78, 5) is 14.0. The molecule has 1 heterocycles. The Bertz CT molecular complexity index is 249. The minimum atomic E-state index is 0. The van der Waals surface area contributed by atoms with Gasteiger partial charge in [0.15, 0.2) is 0 Å². The van der Waals surface area contributed by atoms with Crippen LogP contribution in [0.2, 0.25) is 0 Å². The SMILES string of the molecule is CCN(C)CCNC(=O)CC(C)C1CCCNC1.Cl.Cl. The quantitative estimate of drug-likeness (QED) is 0.750. The van der Waals surface area contributed by atoms with Crippen LogP contribution in [0.15, 0.2) is 0 Å². The van der Waals surface area contributed by atoms with Gasteiger partial charge in [0.2, 0.25) is 5.91 Å². The number of piperidine rings is 1. The number of carbonyl (C=O) groups excluding carboxylic acids is 1. The summed E-state index contributed by atoms with van der Waals surface area (Å²) in [5.74, 6) is 1.36. The summed E-state index contributed by atoms with van der Waals surface area (Å²) in [6, 6.07) is 0. The predicted octanol–water partition coefficient (Wildman–Crippen LogP) is 1.92. The molecule has 1 saturated heterocycles. The van der Waals surface area contributed by atoms with E-state index in [0.717, 1.165) is 32.7 Å². The molecule has 0 spiro atoms. The van der Waals surface area contributed by atoms with Gasteiger partial charge in [-0.15, -0.1) is 24.8 Å². The van der Waals surface area contributed by atoms with Gasteiger partial charge in [-0.25, -0.2) is 0 Å². The molecule has 2 atom stereocenters.